The van der Waals surface area contributed by atoms with E-state index in [2.05, 4.69) is 10.6 Å². The Balaban J connectivity index is 2.31. The molecule has 0 saturated heterocycles. The van der Waals surface area contributed by atoms with Crippen molar-refractivity contribution in [3.05, 3.63) is 35.4 Å². The number of rotatable bonds is 10. The highest BCUT2D eigenvalue weighted by Gasteiger charge is 2.21. The van der Waals surface area contributed by atoms with Gasteiger partial charge >= 0.3 is 5.97 Å². The van der Waals surface area contributed by atoms with Gasteiger partial charge in [-0.25, -0.2) is 13.6 Å². The number of aliphatic carboxylic acids is 1. The smallest absolute Gasteiger partial charge is 0.326 e. The summed E-state index contributed by atoms with van der Waals surface area (Å²) >= 11 is 0. The minimum atomic E-state index is -1.12. The molecule has 1 rings (SSSR count). The minimum Gasteiger partial charge on any atom is -0.480 e. The number of hydrogen-bond acceptors (Lipinski definition) is 3. The maximum atomic E-state index is 13.1. The monoisotopic (exact) mass is 370 g/mol. The second-order valence-electron chi connectivity index (χ2n) is 6.47. The number of amides is 2. The van der Waals surface area contributed by atoms with Gasteiger partial charge in [0.2, 0.25) is 11.8 Å². The van der Waals surface area contributed by atoms with E-state index in [0.29, 0.717) is 24.8 Å². The summed E-state index contributed by atoms with van der Waals surface area (Å²) in [5.74, 6) is -3.83. The first-order valence-corrected chi connectivity index (χ1v) is 8.41. The number of carbonyl (C=O) groups is 3. The van der Waals surface area contributed by atoms with Crippen LogP contribution in [0.5, 0.6) is 0 Å². The van der Waals surface area contributed by atoms with Crippen LogP contribution in [0.1, 0.15) is 38.7 Å². The Hall–Kier alpha value is -2.51. The highest BCUT2D eigenvalue weighted by Crippen LogP contribution is 2.11. The largest absolute Gasteiger partial charge is 0.480 e. The number of carbonyl (C=O) groups excluding carboxylic acids is 2. The van der Waals surface area contributed by atoms with Crippen molar-refractivity contribution in [2.24, 2.45) is 5.92 Å². The SMILES string of the molecule is CC(C)C[C@H](NC(=O)CNC(=O)CCCc1ccc(F)c(F)c1)C(=O)O. The molecule has 2 amide bonds. The Morgan fingerprint density at radius 1 is 1.12 bits per heavy atom. The second-order valence-corrected chi connectivity index (χ2v) is 6.47. The average Bonchev–Trinajstić information content (AvgIpc) is 2.55. The number of carboxylic acid groups (broad SMARTS) is 1. The Bertz CT molecular complexity index is 650. The van der Waals surface area contributed by atoms with Crippen LogP contribution in [0.3, 0.4) is 0 Å². The molecule has 0 aliphatic heterocycles. The highest BCUT2D eigenvalue weighted by atomic mass is 19.2. The van der Waals surface area contributed by atoms with E-state index in [1.165, 1.54) is 6.07 Å². The first-order valence-electron chi connectivity index (χ1n) is 8.41. The fourth-order valence-electron chi connectivity index (χ4n) is 2.35. The van der Waals surface area contributed by atoms with Crippen molar-refractivity contribution >= 4 is 17.8 Å². The molecular formula is C18H24F2N2O4. The molecule has 0 unspecified atom stereocenters. The average molecular weight is 370 g/mol. The number of benzene rings is 1. The molecule has 0 bridgehead atoms. The Labute approximate surface area is 151 Å². The van der Waals surface area contributed by atoms with Crippen molar-refractivity contribution in [3.8, 4) is 0 Å². The number of nitrogens with one attached hydrogen (secondary N) is 2. The molecule has 6 nitrogen and oxygen atoms in total. The molecule has 1 aromatic carbocycles. The molecule has 0 aliphatic carbocycles. The Kier molecular flexibility index (Phi) is 8.67. The molecule has 0 aromatic heterocycles. The molecule has 144 valence electrons. The molecule has 0 radical (unpaired) electrons. The number of aryl methyl sites for hydroxylation is 1. The first-order chi connectivity index (χ1) is 12.2. The normalized spacial score (nSPS) is 11.9. The van der Waals surface area contributed by atoms with Gasteiger partial charge in [-0.3, -0.25) is 9.59 Å². The van der Waals surface area contributed by atoms with Crippen molar-refractivity contribution in [1.29, 1.82) is 0 Å². The topological polar surface area (TPSA) is 95.5 Å². The molecule has 8 heteroatoms. The number of halogens is 2. The van der Waals surface area contributed by atoms with Crippen LogP contribution >= 0.6 is 0 Å². The van der Waals surface area contributed by atoms with Gasteiger partial charge in [-0.2, -0.15) is 0 Å². The van der Waals surface area contributed by atoms with Crippen LogP contribution < -0.4 is 10.6 Å². The van der Waals surface area contributed by atoms with Crippen LogP contribution in [-0.4, -0.2) is 35.5 Å². The summed E-state index contributed by atoms with van der Waals surface area (Å²) in [4.78, 5) is 34.5. The fraction of sp³-hybridized carbons (Fsp3) is 0.500. The van der Waals surface area contributed by atoms with Crippen LogP contribution in [0.2, 0.25) is 0 Å². The van der Waals surface area contributed by atoms with Crippen molar-refractivity contribution in [2.45, 2.75) is 45.6 Å². The third-order valence-corrected chi connectivity index (χ3v) is 3.64. The predicted molar refractivity (Wildman–Crippen MR) is 91.3 cm³/mol. The van der Waals surface area contributed by atoms with Crippen molar-refractivity contribution in [3.63, 3.8) is 0 Å². The quantitative estimate of drug-likeness (QED) is 0.587. The first kappa shape index (κ1) is 21.5. The van der Waals surface area contributed by atoms with Gasteiger partial charge in [-0.05, 0) is 42.9 Å². The van der Waals surface area contributed by atoms with Gasteiger partial charge in [0.15, 0.2) is 11.6 Å². The van der Waals surface area contributed by atoms with E-state index >= 15 is 0 Å². The maximum absolute atomic E-state index is 13.1. The van der Waals surface area contributed by atoms with E-state index in [0.717, 1.165) is 12.1 Å². The maximum Gasteiger partial charge on any atom is 0.326 e. The third-order valence-electron chi connectivity index (χ3n) is 3.64. The molecule has 3 N–H and O–H groups in total. The van der Waals surface area contributed by atoms with E-state index in [-0.39, 0.29) is 24.8 Å². The number of carboxylic acids is 1. The molecule has 0 saturated carbocycles. The zero-order valence-corrected chi connectivity index (χ0v) is 14.9. The zero-order valence-electron chi connectivity index (χ0n) is 14.9. The molecule has 1 atom stereocenters. The second kappa shape index (κ2) is 10.5. The van der Waals surface area contributed by atoms with Gasteiger partial charge in [0.25, 0.3) is 0 Å². The molecular weight excluding hydrogens is 346 g/mol. The lowest BCUT2D eigenvalue weighted by Crippen LogP contribution is -2.46. The van der Waals surface area contributed by atoms with Crippen LogP contribution in [0.15, 0.2) is 18.2 Å². The predicted octanol–water partition coefficient (Wildman–Crippen LogP) is 2.02. The van der Waals surface area contributed by atoms with Gasteiger partial charge in [0.05, 0.1) is 6.54 Å². The summed E-state index contributed by atoms with van der Waals surface area (Å²) in [5.41, 5.74) is 0.576. The van der Waals surface area contributed by atoms with Gasteiger partial charge in [0, 0.05) is 6.42 Å². The van der Waals surface area contributed by atoms with E-state index in [1.807, 2.05) is 13.8 Å². The number of hydrogen-bond donors (Lipinski definition) is 3. The summed E-state index contributed by atoms with van der Waals surface area (Å²) in [6.07, 6.45) is 1.21. The van der Waals surface area contributed by atoms with E-state index in [4.69, 9.17) is 5.11 Å². The van der Waals surface area contributed by atoms with E-state index in [1.54, 1.807) is 0 Å². The molecule has 0 aliphatic rings. The third kappa shape index (κ3) is 8.04. The molecule has 0 heterocycles. The van der Waals surface area contributed by atoms with Crippen LogP contribution in [0, 0.1) is 17.6 Å². The highest BCUT2D eigenvalue weighted by molar-refractivity contribution is 5.87. The van der Waals surface area contributed by atoms with Gasteiger partial charge in [0.1, 0.15) is 6.04 Å². The molecule has 26 heavy (non-hydrogen) atoms. The van der Waals surface area contributed by atoms with E-state index in [9.17, 15) is 23.2 Å². The molecule has 1 aromatic rings. The van der Waals surface area contributed by atoms with Gasteiger partial charge in [-0.1, -0.05) is 19.9 Å². The summed E-state index contributed by atoms with van der Waals surface area (Å²) < 4.78 is 25.9. The standard InChI is InChI=1S/C18H24F2N2O4/c1-11(2)8-15(18(25)26)22-17(24)10-21-16(23)5-3-4-12-6-7-13(19)14(20)9-12/h6-7,9,11,15H,3-5,8,10H2,1-2H3,(H,21,23)(H,22,24)(H,25,26)/t15-/m0/s1. The van der Waals surface area contributed by atoms with Gasteiger partial charge in [-0.15, -0.1) is 0 Å². The lowest BCUT2D eigenvalue weighted by Gasteiger charge is -2.16. The van der Waals surface area contributed by atoms with Gasteiger partial charge < -0.3 is 15.7 Å². The Morgan fingerprint density at radius 3 is 2.38 bits per heavy atom. The Morgan fingerprint density at radius 2 is 1.81 bits per heavy atom. The summed E-state index contributed by atoms with van der Waals surface area (Å²) in [7, 11) is 0. The summed E-state index contributed by atoms with van der Waals surface area (Å²) in [6, 6.07) is 2.57. The van der Waals surface area contributed by atoms with E-state index < -0.39 is 29.6 Å². The van der Waals surface area contributed by atoms with Crippen molar-refractivity contribution in [2.75, 3.05) is 6.54 Å². The molecule has 0 fully saturated rings. The van der Waals surface area contributed by atoms with Crippen LogP contribution in [0.25, 0.3) is 0 Å². The van der Waals surface area contributed by atoms with Crippen molar-refractivity contribution < 1.29 is 28.3 Å². The van der Waals surface area contributed by atoms with Crippen molar-refractivity contribution in [1.82, 2.24) is 10.6 Å². The van der Waals surface area contributed by atoms with Crippen LogP contribution in [-0.2, 0) is 20.8 Å². The lowest BCUT2D eigenvalue weighted by atomic mass is 10.0. The summed E-state index contributed by atoms with van der Waals surface area (Å²) in [5, 5.41) is 13.8. The fourth-order valence-corrected chi connectivity index (χ4v) is 2.35. The van der Waals surface area contributed by atoms with Crippen LogP contribution in [0.4, 0.5) is 8.78 Å². The molecule has 0 spiro atoms. The summed E-state index contributed by atoms with van der Waals surface area (Å²) in [6.45, 7) is 3.37. The zero-order chi connectivity index (χ0) is 19.7. The lowest BCUT2D eigenvalue weighted by molar-refractivity contribution is -0.142. The minimum absolute atomic E-state index is 0.0993.